The second kappa shape index (κ2) is 9.19. The third-order valence-corrected chi connectivity index (χ3v) is 6.08. The van der Waals surface area contributed by atoms with E-state index in [2.05, 4.69) is 53.0 Å². The van der Waals surface area contributed by atoms with Crippen molar-refractivity contribution in [3.05, 3.63) is 53.4 Å². The fourth-order valence-electron chi connectivity index (χ4n) is 2.91. The first-order valence-electron chi connectivity index (χ1n) is 9.04. The maximum Gasteiger partial charge on any atom is 0.230 e. The zero-order valence-electron chi connectivity index (χ0n) is 15.8. The highest BCUT2D eigenvalue weighted by atomic mass is 32.2. The van der Waals surface area contributed by atoms with Crippen LogP contribution in [0.25, 0.3) is 10.7 Å². The van der Waals surface area contributed by atoms with Gasteiger partial charge < -0.3 is 9.88 Å². The number of thiophene rings is 1. The highest BCUT2D eigenvalue weighted by Gasteiger charge is 2.19. The Morgan fingerprint density at radius 1 is 1.19 bits per heavy atom. The predicted molar refractivity (Wildman–Crippen MR) is 112 cm³/mol. The summed E-state index contributed by atoms with van der Waals surface area (Å²) in [4.78, 5) is 13.6. The van der Waals surface area contributed by atoms with E-state index in [1.54, 1.807) is 11.3 Å². The van der Waals surface area contributed by atoms with E-state index in [0.29, 0.717) is 11.7 Å². The fourth-order valence-corrected chi connectivity index (χ4v) is 4.44. The molecule has 0 aliphatic rings. The number of amides is 1. The summed E-state index contributed by atoms with van der Waals surface area (Å²) in [6.07, 6.45) is 0. The highest BCUT2D eigenvalue weighted by Crippen LogP contribution is 2.27. The monoisotopic (exact) mass is 400 g/mol. The number of nitrogens with zero attached hydrogens (tertiary/aromatic N) is 3. The van der Waals surface area contributed by atoms with E-state index in [4.69, 9.17) is 0 Å². The van der Waals surface area contributed by atoms with Crippen molar-refractivity contribution in [2.75, 3.05) is 5.75 Å². The van der Waals surface area contributed by atoms with Gasteiger partial charge in [0, 0.05) is 6.54 Å². The van der Waals surface area contributed by atoms with Gasteiger partial charge in [-0.2, -0.15) is 0 Å². The molecule has 1 unspecified atom stereocenters. The van der Waals surface area contributed by atoms with Crippen LogP contribution in [-0.2, 0) is 11.3 Å². The zero-order valence-corrected chi connectivity index (χ0v) is 17.4. The lowest BCUT2D eigenvalue weighted by molar-refractivity contribution is -0.119. The van der Waals surface area contributed by atoms with Crippen LogP contribution in [0.3, 0.4) is 0 Å². The van der Waals surface area contributed by atoms with Gasteiger partial charge in [-0.1, -0.05) is 62.0 Å². The molecule has 142 valence electrons. The molecule has 3 rings (SSSR count). The third-order valence-electron chi connectivity index (χ3n) is 4.25. The Balaban J connectivity index is 1.65. The number of benzene rings is 1. The summed E-state index contributed by atoms with van der Waals surface area (Å²) >= 11 is 3.07. The standard InChI is InChI=1S/C20H24N4OS2/c1-4-24-19(16-11-8-12-26-16)22-23-20(24)27-13-17(25)21-18(14(2)3)15-9-6-5-7-10-15/h5-12,14,18H,4,13H2,1-3H3,(H,21,25). The lowest BCUT2D eigenvalue weighted by atomic mass is 9.96. The normalized spacial score (nSPS) is 12.3. The van der Waals surface area contributed by atoms with Crippen LogP contribution in [0.15, 0.2) is 53.0 Å². The number of aromatic nitrogens is 3. The Morgan fingerprint density at radius 2 is 1.96 bits per heavy atom. The molecule has 0 spiro atoms. The molecule has 0 saturated carbocycles. The van der Waals surface area contributed by atoms with Gasteiger partial charge in [0.25, 0.3) is 0 Å². The number of rotatable bonds is 8. The van der Waals surface area contributed by atoms with Gasteiger partial charge in [0.1, 0.15) is 0 Å². The molecule has 0 fully saturated rings. The summed E-state index contributed by atoms with van der Waals surface area (Å²) in [5, 5.41) is 14.6. The minimum Gasteiger partial charge on any atom is -0.348 e. The van der Waals surface area contributed by atoms with Gasteiger partial charge in [0.15, 0.2) is 11.0 Å². The Kier molecular flexibility index (Phi) is 6.68. The van der Waals surface area contributed by atoms with Crippen molar-refractivity contribution in [2.24, 2.45) is 5.92 Å². The molecule has 0 aliphatic carbocycles. The lowest BCUT2D eigenvalue weighted by Crippen LogP contribution is -2.33. The first kappa shape index (κ1) is 19.6. The topological polar surface area (TPSA) is 59.8 Å². The molecule has 7 heteroatoms. The molecule has 5 nitrogen and oxygen atoms in total. The van der Waals surface area contributed by atoms with Crippen LogP contribution in [-0.4, -0.2) is 26.4 Å². The van der Waals surface area contributed by atoms with E-state index >= 15 is 0 Å². The maximum atomic E-state index is 12.6. The molecular formula is C20H24N4OS2. The molecule has 0 aliphatic heterocycles. The smallest absolute Gasteiger partial charge is 0.230 e. The molecule has 1 aromatic carbocycles. The molecule has 1 atom stereocenters. The van der Waals surface area contributed by atoms with Crippen LogP contribution in [0.5, 0.6) is 0 Å². The third kappa shape index (κ3) is 4.78. The lowest BCUT2D eigenvalue weighted by Gasteiger charge is -2.22. The number of hydrogen-bond acceptors (Lipinski definition) is 5. The molecule has 27 heavy (non-hydrogen) atoms. The Hall–Kier alpha value is -2.12. The van der Waals surface area contributed by atoms with Crippen LogP contribution in [0.2, 0.25) is 0 Å². The van der Waals surface area contributed by atoms with Crippen molar-refractivity contribution >= 4 is 29.0 Å². The number of thioether (sulfide) groups is 1. The van der Waals surface area contributed by atoms with Crippen molar-refractivity contribution < 1.29 is 4.79 Å². The summed E-state index contributed by atoms with van der Waals surface area (Å²) < 4.78 is 2.06. The Labute approximate surface area is 168 Å². The van der Waals surface area contributed by atoms with E-state index in [1.807, 2.05) is 35.7 Å². The molecule has 0 radical (unpaired) electrons. The Bertz CT molecular complexity index is 860. The molecular weight excluding hydrogens is 376 g/mol. The van der Waals surface area contributed by atoms with Crippen molar-refractivity contribution in [1.82, 2.24) is 20.1 Å². The van der Waals surface area contributed by atoms with E-state index in [0.717, 1.165) is 28.0 Å². The van der Waals surface area contributed by atoms with Gasteiger partial charge >= 0.3 is 0 Å². The summed E-state index contributed by atoms with van der Waals surface area (Å²) in [5.74, 6) is 1.50. The van der Waals surface area contributed by atoms with E-state index in [-0.39, 0.29) is 11.9 Å². The average Bonchev–Trinajstić information content (AvgIpc) is 3.33. The zero-order chi connectivity index (χ0) is 19.2. The van der Waals surface area contributed by atoms with Gasteiger partial charge in [-0.25, -0.2) is 0 Å². The first-order valence-corrected chi connectivity index (χ1v) is 10.9. The fraction of sp³-hybridized carbons (Fsp3) is 0.350. The second-order valence-electron chi connectivity index (χ2n) is 6.52. The van der Waals surface area contributed by atoms with Gasteiger partial charge in [0.2, 0.25) is 5.91 Å². The molecule has 1 N–H and O–H groups in total. The largest absolute Gasteiger partial charge is 0.348 e. The molecule has 3 aromatic rings. The minimum atomic E-state index is 0.00465. The molecule has 1 amide bonds. The van der Waals surface area contributed by atoms with Crippen molar-refractivity contribution in [2.45, 2.75) is 38.5 Å². The summed E-state index contributed by atoms with van der Waals surface area (Å²) in [6.45, 7) is 7.07. The molecule has 2 heterocycles. The second-order valence-corrected chi connectivity index (χ2v) is 8.41. The van der Waals surface area contributed by atoms with Gasteiger partial charge in [-0.05, 0) is 29.9 Å². The first-order chi connectivity index (χ1) is 13.1. The molecule has 0 bridgehead atoms. The SMILES string of the molecule is CCn1c(SCC(=O)NC(c2ccccc2)C(C)C)nnc1-c1cccs1. The van der Waals surface area contributed by atoms with Crippen LogP contribution in [0.1, 0.15) is 32.4 Å². The van der Waals surface area contributed by atoms with Gasteiger partial charge in [-0.3, -0.25) is 4.79 Å². The van der Waals surface area contributed by atoms with Crippen LogP contribution < -0.4 is 5.32 Å². The van der Waals surface area contributed by atoms with Gasteiger partial charge in [-0.15, -0.1) is 21.5 Å². The molecule has 0 saturated heterocycles. The summed E-state index contributed by atoms with van der Waals surface area (Å²) in [6, 6.07) is 14.1. The average molecular weight is 401 g/mol. The van der Waals surface area contributed by atoms with Crippen molar-refractivity contribution in [1.29, 1.82) is 0 Å². The van der Waals surface area contributed by atoms with Crippen molar-refractivity contribution in [3.63, 3.8) is 0 Å². The van der Waals surface area contributed by atoms with Gasteiger partial charge in [0.05, 0.1) is 16.7 Å². The van der Waals surface area contributed by atoms with Crippen molar-refractivity contribution in [3.8, 4) is 10.7 Å². The van der Waals surface area contributed by atoms with E-state index in [9.17, 15) is 4.79 Å². The van der Waals surface area contributed by atoms with Crippen LogP contribution >= 0.6 is 23.1 Å². The number of carbonyl (C=O) groups excluding carboxylic acids is 1. The maximum absolute atomic E-state index is 12.6. The Morgan fingerprint density at radius 3 is 2.59 bits per heavy atom. The minimum absolute atomic E-state index is 0.00465. The van der Waals surface area contributed by atoms with Crippen LogP contribution in [0, 0.1) is 5.92 Å². The van der Waals surface area contributed by atoms with Crippen LogP contribution in [0.4, 0.5) is 0 Å². The predicted octanol–water partition coefficient (Wildman–Crippen LogP) is 4.63. The highest BCUT2D eigenvalue weighted by molar-refractivity contribution is 7.99. The molecule has 2 aromatic heterocycles. The number of nitrogens with one attached hydrogen (secondary N) is 1. The summed E-state index contributed by atoms with van der Waals surface area (Å²) in [5.41, 5.74) is 1.13. The number of hydrogen-bond donors (Lipinski definition) is 1. The number of carbonyl (C=O) groups is 1. The summed E-state index contributed by atoms with van der Waals surface area (Å²) in [7, 11) is 0. The van der Waals surface area contributed by atoms with E-state index in [1.165, 1.54) is 11.8 Å². The van der Waals surface area contributed by atoms with E-state index < -0.39 is 0 Å². The quantitative estimate of drug-likeness (QED) is 0.560.